The minimum absolute atomic E-state index is 0.224. The first-order valence-corrected chi connectivity index (χ1v) is 9.59. The minimum Gasteiger partial charge on any atom is -0.478 e. The predicted molar refractivity (Wildman–Crippen MR) is 116 cm³/mol. The number of benzene rings is 3. The van der Waals surface area contributed by atoms with Crippen LogP contribution in [0.2, 0.25) is 0 Å². The summed E-state index contributed by atoms with van der Waals surface area (Å²) in [6, 6.07) is 23.9. The number of carbonyl (C=O) groups is 2. The zero-order chi connectivity index (χ0) is 21.1. The Labute approximate surface area is 174 Å². The van der Waals surface area contributed by atoms with Crippen molar-refractivity contribution in [3.05, 3.63) is 101 Å². The van der Waals surface area contributed by atoms with Gasteiger partial charge < -0.3 is 10.4 Å². The van der Waals surface area contributed by atoms with E-state index in [9.17, 15) is 14.7 Å². The fourth-order valence-electron chi connectivity index (χ4n) is 3.46. The molecule has 1 heterocycles. The third-order valence-electron chi connectivity index (χ3n) is 5.03. The second-order valence-corrected chi connectivity index (χ2v) is 7.07. The molecule has 30 heavy (non-hydrogen) atoms. The third-order valence-corrected chi connectivity index (χ3v) is 5.03. The van der Waals surface area contributed by atoms with Crippen LogP contribution in [-0.2, 0) is 6.54 Å². The van der Waals surface area contributed by atoms with Gasteiger partial charge in [-0.3, -0.25) is 4.79 Å². The van der Waals surface area contributed by atoms with Crippen molar-refractivity contribution >= 4 is 22.8 Å². The number of carbonyl (C=O) groups excluding carboxylic acids is 1. The number of hydrogen-bond acceptors (Lipinski definition) is 3. The monoisotopic (exact) mass is 396 g/mol. The molecule has 1 amide bonds. The number of fused-ring (bicyclic) bond motifs is 1. The molecular formula is C25H20N2O3. The molecule has 0 spiro atoms. The number of carboxylic acids is 1. The first-order chi connectivity index (χ1) is 14.5. The molecule has 5 nitrogen and oxygen atoms in total. The van der Waals surface area contributed by atoms with Crippen LogP contribution in [0, 0.1) is 6.92 Å². The highest BCUT2D eigenvalue weighted by Gasteiger charge is 2.12. The molecule has 0 aliphatic heterocycles. The number of pyridine rings is 1. The van der Waals surface area contributed by atoms with Crippen molar-refractivity contribution in [3.63, 3.8) is 0 Å². The predicted octanol–water partition coefficient (Wildman–Crippen LogP) is 4.84. The van der Waals surface area contributed by atoms with Crippen molar-refractivity contribution in [2.75, 3.05) is 0 Å². The molecule has 1 aromatic heterocycles. The number of nitrogens with zero attached hydrogens (tertiary/aromatic N) is 1. The van der Waals surface area contributed by atoms with Gasteiger partial charge in [-0.15, -0.1) is 0 Å². The van der Waals surface area contributed by atoms with Gasteiger partial charge in [0, 0.05) is 11.9 Å². The van der Waals surface area contributed by atoms with Crippen molar-refractivity contribution in [2.45, 2.75) is 13.5 Å². The Bertz CT molecular complexity index is 1260. The van der Waals surface area contributed by atoms with Gasteiger partial charge in [0.05, 0.1) is 11.1 Å². The number of aromatic nitrogens is 1. The second-order valence-electron chi connectivity index (χ2n) is 7.07. The van der Waals surface area contributed by atoms with E-state index in [2.05, 4.69) is 10.3 Å². The van der Waals surface area contributed by atoms with Gasteiger partial charge in [-0.05, 0) is 47.4 Å². The molecule has 0 radical (unpaired) electrons. The first kappa shape index (κ1) is 19.3. The number of aromatic carboxylic acids is 1. The van der Waals surface area contributed by atoms with Gasteiger partial charge in [0.15, 0.2) is 0 Å². The molecule has 0 bridgehead atoms. The van der Waals surface area contributed by atoms with Gasteiger partial charge >= 0.3 is 5.97 Å². The standard InChI is InChI=1S/C25H20N2O3/c1-16-6-4-8-17-12-13-22(27-23(16)17)24(28)26-15-20-7-2-3-11-21(20)18-9-5-10-19(14-18)25(29)30/h2-14H,15H2,1H3,(H,26,28)(H,29,30). The SMILES string of the molecule is Cc1cccc2ccc(C(=O)NCc3ccccc3-c3cccc(C(=O)O)c3)nc12. The van der Waals surface area contributed by atoms with E-state index in [-0.39, 0.29) is 11.5 Å². The van der Waals surface area contributed by atoms with Gasteiger partial charge in [-0.1, -0.05) is 60.7 Å². The van der Waals surface area contributed by atoms with Crippen LogP contribution in [0.3, 0.4) is 0 Å². The van der Waals surface area contributed by atoms with Gasteiger partial charge in [0.2, 0.25) is 0 Å². The Morgan fingerprint density at radius 2 is 1.73 bits per heavy atom. The average molecular weight is 396 g/mol. The number of amides is 1. The lowest BCUT2D eigenvalue weighted by Crippen LogP contribution is -2.24. The Balaban J connectivity index is 1.58. The molecule has 0 fully saturated rings. The van der Waals surface area contributed by atoms with Gasteiger partial charge in [-0.25, -0.2) is 9.78 Å². The maximum absolute atomic E-state index is 12.7. The van der Waals surface area contributed by atoms with Crippen LogP contribution in [0.25, 0.3) is 22.0 Å². The van der Waals surface area contributed by atoms with Gasteiger partial charge in [0.25, 0.3) is 5.91 Å². The largest absolute Gasteiger partial charge is 0.478 e. The average Bonchev–Trinajstić information content (AvgIpc) is 2.78. The molecule has 3 aromatic carbocycles. The zero-order valence-electron chi connectivity index (χ0n) is 16.4. The number of rotatable bonds is 5. The van der Waals surface area contributed by atoms with Crippen LogP contribution in [-0.4, -0.2) is 22.0 Å². The van der Waals surface area contributed by atoms with Crippen molar-refractivity contribution < 1.29 is 14.7 Å². The van der Waals surface area contributed by atoms with E-state index >= 15 is 0 Å². The van der Waals surface area contributed by atoms with Crippen molar-refractivity contribution in [3.8, 4) is 11.1 Å². The Kier molecular flexibility index (Phi) is 5.26. The number of hydrogen-bond donors (Lipinski definition) is 2. The summed E-state index contributed by atoms with van der Waals surface area (Å²) in [4.78, 5) is 28.5. The first-order valence-electron chi connectivity index (χ1n) is 9.59. The van der Waals surface area contributed by atoms with Gasteiger partial charge in [0.1, 0.15) is 5.69 Å². The lowest BCUT2D eigenvalue weighted by molar-refractivity contribution is 0.0696. The summed E-state index contributed by atoms with van der Waals surface area (Å²) in [5.41, 5.74) is 4.99. The lowest BCUT2D eigenvalue weighted by atomic mass is 9.98. The van der Waals surface area contributed by atoms with E-state index in [1.165, 1.54) is 0 Å². The minimum atomic E-state index is -0.972. The van der Waals surface area contributed by atoms with E-state index in [1.807, 2.05) is 61.5 Å². The molecular weight excluding hydrogens is 376 g/mol. The Hall–Kier alpha value is -3.99. The summed E-state index contributed by atoms with van der Waals surface area (Å²) < 4.78 is 0. The molecule has 0 saturated carbocycles. The number of carboxylic acid groups (broad SMARTS) is 1. The number of aryl methyl sites for hydroxylation is 1. The fraction of sp³-hybridized carbons (Fsp3) is 0.0800. The Morgan fingerprint density at radius 1 is 0.933 bits per heavy atom. The molecule has 148 valence electrons. The van der Waals surface area contributed by atoms with Crippen molar-refractivity contribution in [1.82, 2.24) is 10.3 Å². The van der Waals surface area contributed by atoms with Gasteiger partial charge in [-0.2, -0.15) is 0 Å². The number of nitrogens with one attached hydrogen (secondary N) is 1. The topological polar surface area (TPSA) is 79.3 Å². The molecule has 0 unspecified atom stereocenters. The Morgan fingerprint density at radius 3 is 2.57 bits per heavy atom. The maximum Gasteiger partial charge on any atom is 0.335 e. The van der Waals surface area contributed by atoms with E-state index in [0.29, 0.717) is 12.2 Å². The summed E-state index contributed by atoms with van der Waals surface area (Å²) in [7, 11) is 0. The van der Waals surface area contributed by atoms with E-state index in [1.54, 1.807) is 24.3 Å². The van der Waals surface area contributed by atoms with Crippen LogP contribution in [0.4, 0.5) is 0 Å². The molecule has 0 atom stereocenters. The van der Waals surface area contributed by atoms with Crippen LogP contribution < -0.4 is 5.32 Å². The summed E-state index contributed by atoms with van der Waals surface area (Å²) in [6.45, 7) is 2.28. The highest BCUT2D eigenvalue weighted by atomic mass is 16.4. The molecule has 0 aliphatic rings. The summed E-state index contributed by atoms with van der Waals surface area (Å²) in [6.07, 6.45) is 0. The van der Waals surface area contributed by atoms with E-state index in [4.69, 9.17) is 0 Å². The smallest absolute Gasteiger partial charge is 0.335 e. The number of para-hydroxylation sites is 1. The molecule has 5 heteroatoms. The fourth-order valence-corrected chi connectivity index (χ4v) is 3.46. The maximum atomic E-state index is 12.7. The third kappa shape index (κ3) is 3.91. The molecule has 0 saturated heterocycles. The van der Waals surface area contributed by atoms with Crippen LogP contribution in [0.1, 0.15) is 32.0 Å². The van der Waals surface area contributed by atoms with E-state index < -0.39 is 5.97 Å². The zero-order valence-corrected chi connectivity index (χ0v) is 16.4. The second kappa shape index (κ2) is 8.17. The molecule has 4 aromatic rings. The highest BCUT2D eigenvalue weighted by molar-refractivity contribution is 5.95. The van der Waals surface area contributed by atoms with Crippen LogP contribution in [0.15, 0.2) is 78.9 Å². The van der Waals surface area contributed by atoms with Crippen molar-refractivity contribution in [1.29, 1.82) is 0 Å². The molecule has 0 aliphatic carbocycles. The summed E-state index contributed by atoms with van der Waals surface area (Å²) in [5, 5.41) is 13.2. The lowest BCUT2D eigenvalue weighted by Gasteiger charge is -2.12. The highest BCUT2D eigenvalue weighted by Crippen LogP contribution is 2.25. The quantitative estimate of drug-likeness (QED) is 0.506. The normalized spacial score (nSPS) is 10.7. The van der Waals surface area contributed by atoms with E-state index in [0.717, 1.165) is 33.2 Å². The summed E-state index contributed by atoms with van der Waals surface area (Å²) >= 11 is 0. The van der Waals surface area contributed by atoms with Crippen LogP contribution in [0.5, 0.6) is 0 Å². The van der Waals surface area contributed by atoms with Crippen molar-refractivity contribution in [2.24, 2.45) is 0 Å². The van der Waals surface area contributed by atoms with Crippen LogP contribution >= 0.6 is 0 Å². The summed E-state index contributed by atoms with van der Waals surface area (Å²) in [5.74, 6) is -1.23. The molecule has 2 N–H and O–H groups in total. The molecule has 4 rings (SSSR count).